The van der Waals surface area contributed by atoms with Gasteiger partial charge < -0.3 is 10.6 Å². The van der Waals surface area contributed by atoms with Gasteiger partial charge in [-0.1, -0.05) is 0 Å². The molecule has 0 bridgehead atoms. The van der Waals surface area contributed by atoms with Crippen LogP contribution in [-0.4, -0.2) is 33.0 Å². The highest BCUT2D eigenvalue weighted by atomic mass is 32.2. The standard InChI is InChI=1S/C12H15F3N2O2S/c13-12(14,15)9-2-3-11(10(16)8-9)17-4-1-6-20(18,19)7-5-17/h2-3,8H,1,4-7,16H2. The van der Waals surface area contributed by atoms with Gasteiger partial charge in [0.2, 0.25) is 0 Å². The van der Waals surface area contributed by atoms with Crippen LogP contribution in [0.1, 0.15) is 12.0 Å². The van der Waals surface area contributed by atoms with Crippen LogP contribution in [0.25, 0.3) is 0 Å². The van der Waals surface area contributed by atoms with Crippen molar-refractivity contribution in [3.63, 3.8) is 0 Å². The summed E-state index contributed by atoms with van der Waals surface area (Å²) in [4.78, 5) is 1.72. The summed E-state index contributed by atoms with van der Waals surface area (Å²) >= 11 is 0. The second kappa shape index (κ2) is 5.16. The Kier molecular flexibility index (Phi) is 3.86. The molecule has 112 valence electrons. The number of nitrogen functional groups attached to an aromatic ring is 1. The lowest BCUT2D eigenvalue weighted by Crippen LogP contribution is -2.27. The Morgan fingerprint density at radius 1 is 1.15 bits per heavy atom. The monoisotopic (exact) mass is 308 g/mol. The Morgan fingerprint density at radius 2 is 1.85 bits per heavy atom. The van der Waals surface area contributed by atoms with Crippen LogP contribution in [0, 0.1) is 0 Å². The number of alkyl halides is 3. The zero-order valence-electron chi connectivity index (χ0n) is 10.7. The highest BCUT2D eigenvalue weighted by Crippen LogP contribution is 2.34. The molecule has 1 fully saturated rings. The third-order valence-electron chi connectivity index (χ3n) is 3.25. The second-order valence-electron chi connectivity index (χ2n) is 4.76. The molecule has 20 heavy (non-hydrogen) atoms. The molecule has 1 aromatic carbocycles. The van der Waals surface area contributed by atoms with Crippen molar-refractivity contribution in [3.8, 4) is 0 Å². The van der Waals surface area contributed by atoms with Crippen molar-refractivity contribution in [2.45, 2.75) is 12.6 Å². The van der Waals surface area contributed by atoms with Gasteiger partial charge in [-0.25, -0.2) is 8.42 Å². The number of sulfone groups is 1. The van der Waals surface area contributed by atoms with Crippen LogP contribution in [0.3, 0.4) is 0 Å². The number of benzene rings is 1. The predicted octanol–water partition coefficient (Wildman–Crippen LogP) is 1.91. The largest absolute Gasteiger partial charge is 0.416 e. The van der Waals surface area contributed by atoms with Crippen LogP contribution >= 0.6 is 0 Å². The Bertz CT molecular complexity index is 599. The van der Waals surface area contributed by atoms with Gasteiger partial charge in [0.05, 0.1) is 28.4 Å². The van der Waals surface area contributed by atoms with Crippen molar-refractivity contribution < 1.29 is 21.6 Å². The number of anilines is 2. The zero-order chi connectivity index (χ0) is 15.0. The molecule has 4 nitrogen and oxygen atoms in total. The summed E-state index contributed by atoms with van der Waals surface area (Å²) in [5, 5.41) is 0. The number of nitrogens with two attached hydrogens (primary N) is 1. The SMILES string of the molecule is Nc1cc(C(F)(F)F)ccc1N1CCCS(=O)(=O)CC1. The fraction of sp³-hybridized carbons (Fsp3) is 0.500. The molecule has 2 N–H and O–H groups in total. The number of halogens is 3. The van der Waals surface area contributed by atoms with E-state index in [0.29, 0.717) is 18.7 Å². The highest BCUT2D eigenvalue weighted by molar-refractivity contribution is 7.91. The first kappa shape index (κ1) is 15.0. The first-order valence-corrected chi connectivity index (χ1v) is 7.93. The number of rotatable bonds is 1. The molecule has 0 spiro atoms. The maximum absolute atomic E-state index is 12.6. The minimum Gasteiger partial charge on any atom is -0.397 e. The quantitative estimate of drug-likeness (QED) is 0.805. The summed E-state index contributed by atoms with van der Waals surface area (Å²) in [6.07, 6.45) is -3.99. The van der Waals surface area contributed by atoms with Gasteiger partial charge in [0.1, 0.15) is 0 Å². The van der Waals surface area contributed by atoms with Crippen LogP contribution in [0.15, 0.2) is 18.2 Å². The Labute approximate surface area is 115 Å². The van der Waals surface area contributed by atoms with Crippen LogP contribution in [-0.2, 0) is 16.0 Å². The smallest absolute Gasteiger partial charge is 0.397 e. The van der Waals surface area contributed by atoms with Gasteiger partial charge in [0.25, 0.3) is 0 Å². The van der Waals surface area contributed by atoms with Crippen LogP contribution in [0.5, 0.6) is 0 Å². The second-order valence-corrected chi connectivity index (χ2v) is 7.07. The van der Waals surface area contributed by atoms with Crippen LogP contribution in [0.4, 0.5) is 24.5 Å². The van der Waals surface area contributed by atoms with E-state index in [-0.39, 0.29) is 23.7 Å². The molecule has 2 rings (SSSR count). The van der Waals surface area contributed by atoms with E-state index in [1.165, 1.54) is 6.07 Å². The van der Waals surface area contributed by atoms with Crippen molar-refractivity contribution >= 4 is 21.2 Å². The van der Waals surface area contributed by atoms with Gasteiger partial charge in [0.15, 0.2) is 9.84 Å². The highest BCUT2D eigenvalue weighted by Gasteiger charge is 2.31. The van der Waals surface area contributed by atoms with E-state index >= 15 is 0 Å². The van der Waals surface area contributed by atoms with Gasteiger partial charge in [-0.05, 0) is 24.6 Å². The molecule has 1 aliphatic heterocycles. The lowest BCUT2D eigenvalue weighted by Gasteiger charge is -2.24. The third kappa shape index (κ3) is 3.36. The molecular formula is C12H15F3N2O2S. The maximum atomic E-state index is 12.6. The molecule has 0 saturated carbocycles. The van der Waals surface area contributed by atoms with E-state index in [0.717, 1.165) is 12.1 Å². The van der Waals surface area contributed by atoms with Crippen molar-refractivity contribution in [1.82, 2.24) is 0 Å². The lowest BCUT2D eigenvalue weighted by molar-refractivity contribution is -0.137. The van der Waals surface area contributed by atoms with Crippen molar-refractivity contribution in [1.29, 1.82) is 0 Å². The summed E-state index contributed by atoms with van der Waals surface area (Å²) < 4.78 is 60.7. The summed E-state index contributed by atoms with van der Waals surface area (Å²) in [6, 6.07) is 3.15. The number of hydrogen-bond donors (Lipinski definition) is 1. The van der Waals surface area contributed by atoms with E-state index in [1.807, 2.05) is 0 Å². The molecule has 1 heterocycles. The Morgan fingerprint density at radius 3 is 2.45 bits per heavy atom. The average Bonchev–Trinajstić information content (AvgIpc) is 2.49. The maximum Gasteiger partial charge on any atom is 0.416 e. The summed E-state index contributed by atoms with van der Waals surface area (Å²) in [5.41, 5.74) is 5.34. The van der Waals surface area contributed by atoms with Gasteiger partial charge >= 0.3 is 6.18 Å². The van der Waals surface area contributed by atoms with Gasteiger partial charge in [0, 0.05) is 13.1 Å². The molecule has 1 saturated heterocycles. The summed E-state index contributed by atoms with van der Waals surface area (Å²) in [6.45, 7) is 0.715. The summed E-state index contributed by atoms with van der Waals surface area (Å²) in [5.74, 6) is 0.0947. The lowest BCUT2D eigenvalue weighted by atomic mass is 10.1. The number of nitrogens with zero attached hydrogens (tertiary/aromatic N) is 1. The third-order valence-corrected chi connectivity index (χ3v) is 4.97. The minimum absolute atomic E-state index is 0.00649. The Balaban J connectivity index is 2.25. The van der Waals surface area contributed by atoms with E-state index < -0.39 is 21.6 Å². The molecule has 1 aliphatic rings. The molecule has 0 radical (unpaired) electrons. The minimum atomic E-state index is -4.44. The average molecular weight is 308 g/mol. The van der Waals surface area contributed by atoms with Crippen LogP contribution in [0.2, 0.25) is 0 Å². The van der Waals surface area contributed by atoms with E-state index in [9.17, 15) is 21.6 Å². The van der Waals surface area contributed by atoms with E-state index in [1.54, 1.807) is 4.90 Å². The molecular weight excluding hydrogens is 293 g/mol. The van der Waals surface area contributed by atoms with Gasteiger partial charge in [-0.15, -0.1) is 0 Å². The normalized spacial score (nSPS) is 19.6. The zero-order valence-corrected chi connectivity index (χ0v) is 11.5. The van der Waals surface area contributed by atoms with E-state index in [4.69, 9.17) is 5.73 Å². The topological polar surface area (TPSA) is 63.4 Å². The van der Waals surface area contributed by atoms with Crippen molar-refractivity contribution in [2.75, 3.05) is 35.2 Å². The molecule has 0 unspecified atom stereocenters. The Hall–Kier alpha value is -1.44. The van der Waals surface area contributed by atoms with Crippen LogP contribution < -0.4 is 10.6 Å². The molecule has 0 aromatic heterocycles. The van der Waals surface area contributed by atoms with Gasteiger partial charge in [-0.3, -0.25) is 0 Å². The van der Waals surface area contributed by atoms with Gasteiger partial charge in [-0.2, -0.15) is 13.2 Å². The first-order valence-electron chi connectivity index (χ1n) is 6.11. The summed E-state index contributed by atoms with van der Waals surface area (Å²) in [7, 11) is -3.07. The molecule has 0 atom stereocenters. The van der Waals surface area contributed by atoms with E-state index in [2.05, 4.69) is 0 Å². The molecule has 8 heteroatoms. The molecule has 1 aromatic rings. The number of hydrogen-bond acceptors (Lipinski definition) is 4. The fourth-order valence-corrected chi connectivity index (χ4v) is 3.47. The first-order chi connectivity index (χ1) is 9.19. The molecule has 0 aliphatic carbocycles. The van der Waals surface area contributed by atoms with Crippen molar-refractivity contribution in [3.05, 3.63) is 23.8 Å². The predicted molar refractivity (Wildman–Crippen MR) is 71.3 cm³/mol. The molecule has 0 amide bonds. The van der Waals surface area contributed by atoms with Crippen molar-refractivity contribution in [2.24, 2.45) is 0 Å². The fourth-order valence-electron chi connectivity index (χ4n) is 2.20.